The number of ether oxygens (including phenoxy) is 2. The lowest BCUT2D eigenvalue weighted by Crippen LogP contribution is -2.03. The van der Waals surface area contributed by atoms with E-state index in [4.69, 9.17) is 9.47 Å². The number of H-pyrrole nitrogens is 2. The number of anilines is 4. The summed E-state index contributed by atoms with van der Waals surface area (Å²) in [7, 11) is 2.62. The van der Waals surface area contributed by atoms with Gasteiger partial charge in [0.1, 0.15) is 11.4 Å². The highest BCUT2D eigenvalue weighted by molar-refractivity contribution is 5.96. The van der Waals surface area contributed by atoms with Gasteiger partial charge >= 0.3 is 11.9 Å². The molecule has 176 valence electrons. The lowest BCUT2D eigenvalue weighted by atomic mass is 10.2. The fourth-order valence-electron chi connectivity index (χ4n) is 3.63. The van der Waals surface area contributed by atoms with Crippen molar-refractivity contribution in [2.75, 3.05) is 24.9 Å². The number of nitrogens with one attached hydrogen (secondary N) is 4. The van der Waals surface area contributed by atoms with Crippen LogP contribution in [0.15, 0.2) is 54.7 Å². The number of carbonyl (C=O) groups excluding carboxylic acids is 2. The van der Waals surface area contributed by atoms with Gasteiger partial charge in [-0.05, 0) is 36.4 Å². The first-order valence-electron chi connectivity index (χ1n) is 10.4. The predicted octanol–water partition coefficient (Wildman–Crippen LogP) is 4.64. The number of carbonyl (C=O) groups is 2. The van der Waals surface area contributed by atoms with Crippen LogP contribution in [0.1, 0.15) is 21.0 Å². The molecular weight excluding hydrogens is 455 g/mol. The first-order valence-corrected chi connectivity index (χ1v) is 10.4. The minimum absolute atomic E-state index is 0.0319. The van der Waals surface area contributed by atoms with E-state index in [1.165, 1.54) is 14.2 Å². The molecular formula is C24H19FN6O4. The van der Waals surface area contributed by atoms with Crippen molar-refractivity contribution >= 4 is 56.9 Å². The average Bonchev–Trinajstić information content (AvgIpc) is 3.49. The molecule has 5 rings (SSSR count). The van der Waals surface area contributed by atoms with Crippen LogP contribution in [0.5, 0.6) is 0 Å². The van der Waals surface area contributed by atoms with Crippen LogP contribution < -0.4 is 10.6 Å². The zero-order valence-electron chi connectivity index (χ0n) is 18.6. The standard InChI is InChI=1S/C24H19FN6O4/c1-34-22(32)19-7-12-3-5-14(9-17(12)29-19)27-21-16(25)11-26-24(31-21)28-15-6-4-13-8-20(23(33)35-2)30-18(13)10-15/h3-11,29-30H,1-2H3,(H2,26,27,28,31). The normalized spacial score (nSPS) is 10.9. The number of esters is 2. The Labute approximate surface area is 197 Å². The molecule has 0 fully saturated rings. The zero-order chi connectivity index (χ0) is 24.5. The van der Waals surface area contributed by atoms with Crippen LogP contribution in [0.3, 0.4) is 0 Å². The molecule has 35 heavy (non-hydrogen) atoms. The Hall–Kier alpha value is -4.93. The third-order valence-electron chi connectivity index (χ3n) is 5.32. The highest BCUT2D eigenvalue weighted by Crippen LogP contribution is 2.26. The fraction of sp³-hybridized carbons (Fsp3) is 0.0833. The Bertz CT molecular complexity index is 1590. The number of fused-ring (bicyclic) bond motifs is 2. The Kier molecular flexibility index (Phi) is 5.49. The molecule has 10 nitrogen and oxygen atoms in total. The number of methoxy groups -OCH3 is 2. The van der Waals surface area contributed by atoms with Crippen LogP contribution in [0, 0.1) is 5.82 Å². The third-order valence-corrected chi connectivity index (χ3v) is 5.32. The van der Waals surface area contributed by atoms with Crippen LogP contribution in [0.2, 0.25) is 0 Å². The Morgan fingerprint density at radius 1 is 0.829 bits per heavy atom. The van der Waals surface area contributed by atoms with E-state index in [1.807, 2.05) is 6.07 Å². The highest BCUT2D eigenvalue weighted by Gasteiger charge is 2.13. The first-order chi connectivity index (χ1) is 16.9. The molecule has 3 heterocycles. The molecule has 0 saturated heterocycles. The van der Waals surface area contributed by atoms with Crippen LogP contribution in [0.4, 0.5) is 27.5 Å². The van der Waals surface area contributed by atoms with Gasteiger partial charge in [-0.15, -0.1) is 0 Å². The van der Waals surface area contributed by atoms with Crippen LogP contribution in [0.25, 0.3) is 21.8 Å². The SMILES string of the molecule is COC(=O)c1cc2ccc(Nc3ncc(F)c(Nc4ccc5cc(C(=O)OC)[nH]c5c4)n3)cc2[nH]1. The topological polar surface area (TPSA) is 134 Å². The molecule has 0 spiro atoms. The largest absolute Gasteiger partial charge is 0.464 e. The number of benzene rings is 2. The van der Waals surface area contributed by atoms with Crippen LogP contribution >= 0.6 is 0 Å². The minimum atomic E-state index is -0.639. The summed E-state index contributed by atoms with van der Waals surface area (Å²) in [5.41, 5.74) is 3.23. The maximum atomic E-state index is 14.5. The summed E-state index contributed by atoms with van der Waals surface area (Å²) in [6.07, 6.45) is 1.06. The van der Waals surface area contributed by atoms with Crippen LogP contribution in [-0.4, -0.2) is 46.1 Å². The van der Waals surface area contributed by atoms with E-state index in [0.29, 0.717) is 33.8 Å². The van der Waals surface area contributed by atoms with Gasteiger partial charge in [-0.3, -0.25) is 0 Å². The third kappa shape index (κ3) is 4.34. The molecule has 3 aromatic heterocycles. The second kappa shape index (κ2) is 8.78. The minimum Gasteiger partial charge on any atom is -0.464 e. The van der Waals surface area contributed by atoms with Crippen molar-refractivity contribution in [2.24, 2.45) is 0 Å². The van der Waals surface area contributed by atoms with Crippen LogP contribution in [-0.2, 0) is 9.47 Å². The summed E-state index contributed by atoms with van der Waals surface area (Å²) in [6.45, 7) is 0. The second-order valence-corrected chi connectivity index (χ2v) is 7.59. The van der Waals surface area contributed by atoms with E-state index in [-0.39, 0.29) is 11.8 Å². The second-order valence-electron chi connectivity index (χ2n) is 7.59. The van der Waals surface area contributed by atoms with Crippen molar-refractivity contribution in [2.45, 2.75) is 0 Å². The van der Waals surface area contributed by atoms with Gasteiger partial charge in [0.2, 0.25) is 5.95 Å². The van der Waals surface area contributed by atoms with Crippen molar-refractivity contribution < 1.29 is 23.5 Å². The molecule has 0 aliphatic rings. The van der Waals surface area contributed by atoms with Gasteiger partial charge in [0.15, 0.2) is 11.6 Å². The molecule has 5 aromatic rings. The van der Waals surface area contributed by atoms with Gasteiger partial charge in [-0.1, -0.05) is 12.1 Å². The average molecular weight is 474 g/mol. The van der Waals surface area contributed by atoms with Gasteiger partial charge < -0.3 is 30.1 Å². The number of aromatic nitrogens is 4. The van der Waals surface area contributed by atoms with E-state index >= 15 is 0 Å². The first kappa shape index (κ1) is 21.9. The molecule has 0 aliphatic heterocycles. The number of nitrogens with zero attached hydrogens (tertiary/aromatic N) is 2. The molecule has 0 aliphatic carbocycles. The summed E-state index contributed by atoms with van der Waals surface area (Å²) in [5.74, 6) is -1.45. The summed E-state index contributed by atoms with van der Waals surface area (Å²) < 4.78 is 23.9. The van der Waals surface area contributed by atoms with Gasteiger partial charge in [0, 0.05) is 33.2 Å². The Morgan fingerprint density at radius 2 is 1.37 bits per heavy atom. The number of aromatic amines is 2. The van der Waals surface area contributed by atoms with Crippen molar-refractivity contribution in [3.05, 3.63) is 71.9 Å². The van der Waals surface area contributed by atoms with E-state index in [0.717, 1.165) is 17.0 Å². The highest BCUT2D eigenvalue weighted by atomic mass is 19.1. The van der Waals surface area contributed by atoms with Gasteiger partial charge in [0.05, 0.1) is 20.4 Å². The molecule has 0 radical (unpaired) electrons. The summed E-state index contributed by atoms with van der Waals surface area (Å²) in [5, 5.41) is 7.60. The molecule has 0 atom stereocenters. The van der Waals surface area contributed by atoms with Crippen molar-refractivity contribution in [1.82, 2.24) is 19.9 Å². The molecule has 4 N–H and O–H groups in total. The van der Waals surface area contributed by atoms with Gasteiger partial charge in [-0.25, -0.2) is 19.0 Å². The molecule has 0 amide bonds. The fourth-order valence-corrected chi connectivity index (χ4v) is 3.63. The monoisotopic (exact) mass is 474 g/mol. The summed E-state index contributed by atoms with van der Waals surface area (Å²) >= 11 is 0. The quantitative estimate of drug-likeness (QED) is 0.262. The zero-order valence-corrected chi connectivity index (χ0v) is 18.6. The molecule has 11 heteroatoms. The van der Waals surface area contributed by atoms with E-state index in [2.05, 4.69) is 30.6 Å². The summed E-state index contributed by atoms with van der Waals surface area (Å²) in [4.78, 5) is 37.7. The lowest BCUT2D eigenvalue weighted by molar-refractivity contribution is 0.0586. The van der Waals surface area contributed by atoms with E-state index < -0.39 is 17.8 Å². The van der Waals surface area contributed by atoms with Crippen molar-refractivity contribution in [3.63, 3.8) is 0 Å². The summed E-state index contributed by atoms with van der Waals surface area (Å²) in [6, 6.07) is 14.0. The number of hydrogen-bond donors (Lipinski definition) is 4. The molecule has 0 bridgehead atoms. The number of hydrogen-bond acceptors (Lipinski definition) is 8. The maximum Gasteiger partial charge on any atom is 0.354 e. The maximum absolute atomic E-state index is 14.5. The van der Waals surface area contributed by atoms with Gasteiger partial charge in [-0.2, -0.15) is 4.98 Å². The molecule has 0 unspecified atom stereocenters. The van der Waals surface area contributed by atoms with Crippen molar-refractivity contribution in [3.8, 4) is 0 Å². The number of halogens is 1. The van der Waals surface area contributed by atoms with E-state index in [1.54, 1.807) is 42.5 Å². The van der Waals surface area contributed by atoms with E-state index in [9.17, 15) is 14.0 Å². The van der Waals surface area contributed by atoms with Crippen molar-refractivity contribution in [1.29, 1.82) is 0 Å². The molecule has 0 saturated carbocycles. The lowest BCUT2D eigenvalue weighted by Gasteiger charge is -2.10. The Morgan fingerprint density at radius 3 is 1.91 bits per heavy atom. The predicted molar refractivity (Wildman–Crippen MR) is 128 cm³/mol. The van der Waals surface area contributed by atoms with Gasteiger partial charge in [0.25, 0.3) is 0 Å². The smallest absolute Gasteiger partial charge is 0.354 e. The molecule has 2 aromatic carbocycles. The Balaban J connectivity index is 1.38. The number of rotatable bonds is 6.